The van der Waals surface area contributed by atoms with Gasteiger partial charge in [-0.3, -0.25) is 4.68 Å². The molecule has 1 aromatic carbocycles. The van der Waals surface area contributed by atoms with Gasteiger partial charge in [-0.05, 0) is 66.3 Å². The van der Waals surface area contributed by atoms with Gasteiger partial charge in [0.05, 0.1) is 17.9 Å². The second-order valence-electron chi connectivity index (χ2n) is 9.68. The summed E-state index contributed by atoms with van der Waals surface area (Å²) in [5, 5.41) is 8.35. The zero-order chi connectivity index (χ0) is 18.6. The first-order valence-electron chi connectivity index (χ1n) is 10.7. The lowest BCUT2D eigenvalue weighted by Gasteiger charge is -2.34. The smallest absolute Gasteiger partial charge is 0.0755 e. The molecule has 4 heteroatoms. The molecule has 27 heavy (non-hydrogen) atoms. The average Bonchev–Trinajstić information content (AvgIpc) is 3.15. The number of benzene rings is 1. The van der Waals surface area contributed by atoms with E-state index < -0.39 is 0 Å². The molecule has 0 unspecified atom stereocenters. The molecule has 1 N–H and O–H groups in total. The van der Waals surface area contributed by atoms with Crippen LogP contribution in [0.25, 0.3) is 0 Å². The molecule has 1 aromatic heterocycles. The molecule has 144 valence electrons. The molecule has 3 heterocycles. The Morgan fingerprint density at radius 3 is 2.70 bits per heavy atom. The van der Waals surface area contributed by atoms with Crippen LogP contribution >= 0.6 is 0 Å². The van der Waals surface area contributed by atoms with Gasteiger partial charge < -0.3 is 10.2 Å². The predicted molar refractivity (Wildman–Crippen MR) is 110 cm³/mol. The van der Waals surface area contributed by atoms with Gasteiger partial charge in [-0.25, -0.2) is 0 Å². The van der Waals surface area contributed by atoms with Gasteiger partial charge in [0.1, 0.15) is 0 Å². The molecule has 1 aliphatic carbocycles. The van der Waals surface area contributed by atoms with Crippen LogP contribution in [0.3, 0.4) is 0 Å². The average molecular weight is 365 g/mol. The second kappa shape index (κ2) is 6.37. The summed E-state index contributed by atoms with van der Waals surface area (Å²) in [5.74, 6) is 0. The summed E-state index contributed by atoms with van der Waals surface area (Å²) in [4.78, 5) is 2.52. The van der Waals surface area contributed by atoms with E-state index in [4.69, 9.17) is 0 Å². The standard InChI is InChI=1S/C23H32N4/c1-23(2,3)17-11-16-14-26(19-13-25-27(15-19)18-6-7-18)10-8-20(16)21(12-17)22-5-4-9-24-22/h11-13,15,18,22,24H,4-10,14H2,1-3H3/t22-/m0/s1. The van der Waals surface area contributed by atoms with Crippen LogP contribution in [0.4, 0.5) is 5.69 Å². The van der Waals surface area contributed by atoms with Crippen LogP contribution in [-0.2, 0) is 18.4 Å². The topological polar surface area (TPSA) is 33.1 Å². The number of fused-ring (bicyclic) bond motifs is 1. The minimum absolute atomic E-state index is 0.182. The maximum Gasteiger partial charge on any atom is 0.0755 e. The third-order valence-electron chi connectivity index (χ3n) is 6.55. The summed E-state index contributed by atoms with van der Waals surface area (Å²) in [6.07, 6.45) is 10.6. The monoisotopic (exact) mass is 364 g/mol. The molecule has 1 saturated carbocycles. The Bertz CT molecular complexity index is 835. The van der Waals surface area contributed by atoms with E-state index in [9.17, 15) is 0 Å². The molecule has 1 atom stereocenters. The first-order valence-corrected chi connectivity index (χ1v) is 10.7. The zero-order valence-electron chi connectivity index (χ0n) is 17.0. The van der Waals surface area contributed by atoms with Gasteiger partial charge in [0.2, 0.25) is 0 Å². The number of hydrogen-bond acceptors (Lipinski definition) is 3. The van der Waals surface area contributed by atoms with Crippen molar-refractivity contribution in [1.82, 2.24) is 15.1 Å². The van der Waals surface area contributed by atoms with Crippen LogP contribution in [0.5, 0.6) is 0 Å². The van der Waals surface area contributed by atoms with Crippen molar-refractivity contribution in [2.75, 3.05) is 18.0 Å². The highest BCUT2D eigenvalue weighted by Gasteiger charge is 2.29. The molecule has 1 saturated heterocycles. The molecule has 3 aliphatic rings. The van der Waals surface area contributed by atoms with Crippen molar-refractivity contribution in [3.8, 4) is 0 Å². The minimum atomic E-state index is 0.182. The Hall–Kier alpha value is -1.81. The third kappa shape index (κ3) is 3.29. The largest absolute Gasteiger partial charge is 0.364 e. The Labute approximate surface area is 162 Å². The number of hydrogen-bond donors (Lipinski definition) is 1. The lowest BCUT2D eigenvalue weighted by Crippen LogP contribution is -2.32. The lowest BCUT2D eigenvalue weighted by atomic mass is 9.80. The summed E-state index contributed by atoms with van der Waals surface area (Å²) >= 11 is 0. The van der Waals surface area contributed by atoms with Crippen molar-refractivity contribution < 1.29 is 0 Å². The Balaban J connectivity index is 1.49. The van der Waals surface area contributed by atoms with Crippen molar-refractivity contribution in [2.24, 2.45) is 0 Å². The summed E-state index contributed by atoms with van der Waals surface area (Å²) in [7, 11) is 0. The fraction of sp³-hybridized carbons (Fsp3) is 0.609. The van der Waals surface area contributed by atoms with Gasteiger partial charge in [0.15, 0.2) is 0 Å². The Kier molecular flexibility index (Phi) is 4.08. The van der Waals surface area contributed by atoms with Crippen LogP contribution < -0.4 is 10.2 Å². The predicted octanol–water partition coefficient (Wildman–Crippen LogP) is 4.50. The summed E-state index contributed by atoms with van der Waals surface area (Å²) < 4.78 is 2.17. The summed E-state index contributed by atoms with van der Waals surface area (Å²) in [6, 6.07) is 6.18. The molecule has 4 nitrogen and oxygen atoms in total. The first kappa shape index (κ1) is 17.3. The van der Waals surface area contributed by atoms with Crippen molar-refractivity contribution >= 4 is 5.69 Å². The fourth-order valence-electron chi connectivity index (χ4n) is 4.68. The molecule has 5 rings (SSSR count). The minimum Gasteiger partial charge on any atom is -0.364 e. The van der Waals surface area contributed by atoms with E-state index in [1.54, 1.807) is 11.1 Å². The highest BCUT2D eigenvalue weighted by Crippen LogP contribution is 2.38. The quantitative estimate of drug-likeness (QED) is 0.870. The number of aromatic nitrogens is 2. The maximum atomic E-state index is 4.61. The van der Waals surface area contributed by atoms with E-state index in [1.807, 2.05) is 0 Å². The SMILES string of the molecule is CC(C)(C)c1cc2c(c([C@@H]3CCCN3)c1)CCN(c1cnn(C3CC3)c1)C2. The van der Waals surface area contributed by atoms with E-state index >= 15 is 0 Å². The molecule has 2 aliphatic heterocycles. The van der Waals surface area contributed by atoms with E-state index in [0.717, 1.165) is 26.1 Å². The Morgan fingerprint density at radius 2 is 2.00 bits per heavy atom. The fourth-order valence-corrected chi connectivity index (χ4v) is 4.68. The molecule has 2 aromatic rings. The number of nitrogens with zero attached hydrogens (tertiary/aromatic N) is 3. The highest BCUT2D eigenvalue weighted by atomic mass is 15.3. The van der Waals surface area contributed by atoms with Crippen LogP contribution in [0.1, 0.15) is 80.8 Å². The van der Waals surface area contributed by atoms with Gasteiger partial charge >= 0.3 is 0 Å². The van der Waals surface area contributed by atoms with E-state index in [-0.39, 0.29) is 5.41 Å². The van der Waals surface area contributed by atoms with E-state index in [0.29, 0.717) is 12.1 Å². The molecule has 0 radical (unpaired) electrons. The van der Waals surface area contributed by atoms with Gasteiger partial charge in [0.25, 0.3) is 0 Å². The number of nitrogens with one attached hydrogen (secondary N) is 1. The first-order chi connectivity index (χ1) is 13.0. The van der Waals surface area contributed by atoms with Crippen LogP contribution in [-0.4, -0.2) is 22.9 Å². The van der Waals surface area contributed by atoms with Crippen LogP contribution in [0, 0.1) is 0 Å². The van der Waals surface area contributed by atoms with Crippen LogP contribution in [0.2, 0.25) is 0 Å². The molecular formula is C23H32N4. The molecule has 2 fully saturated rings. The van der Waals surface area contributed by atoms with Crippen molar-refractivity contribution in [1.29, 1.82) is 0 Å². The number of rotatable bonds is 3. The lowest BCUT2D eigenvalue weighted by molar-refractivity contribution is 0.576. The van der Waals surface area contributed by atoms with Gasteiger partial charge in [-0.15, -0.1) is 0 Å². The normalized spacial score (nSPS) is 22.9. The summed E-state index contributed by atoms with van der Waals surface area (Å²) in [5.41, 5.74) is 7.64. The van der Waals surface area contributed by atoms with Crippen molar-refractivity contribution in [2.45, 2.75) is 76.9 Å². The van der Waals surface area contributed by atoms with Crippen molar-refractivity contribution in [3.05, 3.63) is 46.8 Å². The van der Waals surface area contributed by atoms with E-state index in [1.165, 1.54) is 42.5 Å². The van der Waals surface area contributed by atoms with Gasteiger partial charge in [-0.2, -0.15) is 5.10 Å². The molecule has 0 spiro atoms. The second-order valence-corrected chi connectivity index (χ2v) is 9.68. The van der Waals surface area contributed by atoms with Crippen molar-refractivity contribution in [3.63, 3.8) is 0 Å². The van der Waals surface area contributed by atoms with Crippen LogP contribution in [0.15, 0.2) is 24.5 Å². The van der Waals surface area contributed by atoms with E-state index in [2.05, 4.69) is 65.3 Å². The van der Waals surface area contributed by atoms with Gasteiger partial charge in [-0.1, -0.05) is 32.9 Å². The maximum absolute atomic E-state index is 4.61. The zero-order valence-corrected chi connectivity index (χ0v) is 17.0. The molecule has 0 amide bonds. The summed E-state index contributed by atoms with van der Waals surface area (Å²) in [6.45, 7) is 10.3. The molecular weight excluding hydrogens is 332 g/mol. The Morgan fingerprint density at radius 1 is 1.15 bits per heavy atom. The number of anilines is 1. The third-order valence-corrected chi connectivity index (χ3v) is 6.55. The van der Waals surface area contributed by atoms with Gasteiger partial charge in [0, 0.05) is 25.3 Å². The molecule has 0 bridgehead atoms. The highest BCUT2D eigenvalue weighted by molar-refractivity contribution is 5.51.